The number of benzene rings is 3. The third-order valence-electron chi connectivity index (χ3n) is 4.15. The van der Waals surface area contributed by atoms with Gasteiger partial charge in [0.05, 0.1) is 10.2 Å². The van der Waals surface area contributed by atoms with Crippen LogP contribution in [0.5, 0.6) is 0 Å². The Bertz CT molecular complexity index is 1060. The smallest absolute Gasteiger partial charge is 0.124 e. The van der Waals surface area contributed by atoms with Gasteiger partial charge in [-0.25, -0.2) is 4.98 Å². The van der Waals surface area contributed by atoms with Gasteiger partial charge in [-0.1, -0.05) is 60.7 Å². The minimum Gasteiger partial charge on any atom is -0.398 e. The van der Waals surface area contributed by atoms with Crippen LogP contribution in [-0.2, 0) is 0 Å². The molecule has 0 unspecified atom stereocenters. The molecular formula is C22H18N2S. The summed E-state index contributed by atoms with van der Waals surface area (Å²) in [5, 5.41) is 1.06. The Hall–Kier alpha value is -2.91. The quantitative estimate of drug-likeness (QED) is 0.365. The summed E-state index contributed by atoms with van der Waals surface area (Å²) < 4.78 is 1.23. The number of anilines is 1. The number of rotatable bonds is 3. The van der Waals surface area contributed by atoms with Crippen LogP contribution in [-0.4, -0.2) is 4.98 Å². The van der Waals surface area contributed by atoms with Crippen molar-refractivity contribution in [3.8, 4) is 10.6 Å². The molecule has 0 bridgehead atoms. The molecule has 25 heavy (non-hydrogen) atoms. The monoisotopic (exact) mass is 342 g/mol. The summed E-state index contributed by atoms with van der Waals surface area (Å²) >= 11 is 1.74. The fourth-order valence-electron chi connectivity index (χ4n) is 2.74. The lowest BCUT2D eigenvalue weighted by atomic mass is 10.1. The highest BCUT2D eigenvalue weighted by molar-refractivity contribution is 7.21. The molecule has 3 heteroatoms. The number of thiazole rings is 1. The number of nitrogens with two attached hydrogens (primary N) is 1. The molecular weight excluding hydrogens is 324 g/mol. The molecule has 0 aliphatic rings. The van der Waals surface area contributed by atoms with Crippen LogP contribution in [0.1, 0.15) is 16.7 Å². The van der Waals surface area contributed by atoms with E-state index >= 15 is 0 Å². The van der Waals surface area contributed by atoms with E-state index in [0.717, 1.165) is 32.9 Å². The van der Waals surface area contributed by atoms with E-state index in [2.05, 4.69) is 55.5 Å². The lowest BCUT2D eigenvalue weighted by molar-refractivity contribution is 1.45. The van der Waals surface area contributed by atoms with Crippen molar-refractivity contribution in [1.82, 2.24) is 4.98 Å². The predicted octanol–water partition coefficient (Wildman–Crippen LogP) is 6.02. The fraction of sp³-hybridized carbons (Fsp3) is 0.0455. The third kappa shape index (κ3) is 3.32. The second-order valence-electron chi connectivity index (χ2n) is 6.07. The van der Waals surface area contributed by atoms with Gasteiger partial charge in [0.2, 0.25) is 0 Å². The number of hydrogen-bond donors (Lipinski definition) is 1. The lowest BCUT2D eigenvalue weighted by Gasteiger charge is -2.00. The van der Waals surface area contributed by atoms with Crippen molar-refractivity contribution in [2.75, 3.05) is 5.73 Å². The summed E-state index contributed by atoms with van der Waals surface area (Å²) in [5.41, 5.74) is 12.4. The zero-order chi connectivity index (χ0) is 17.2. The SMILES string of the molecule is Cc1ccc2nc(-c3ccc(C=Cc4ccccc4N)cc3)sc2c1. The number of nitrogens with zero attached hydrogens (tertiary/aromatic N) is 1. The first-order valence-corrected chi connectivity index (χ1v) is 9.01. The topological polar surface area (TPSA) is 38.9 Å². The average molecular weight is 342 g/mol. The van der Waals surface area contributed by atoms with E-state index in [1.165, 1.54) is 10.3 Å². The summed E-state index contributed by atoms with van der Waals surface area (Å²) in [4.78, 5) is 4.74. The molecule has 0 amide bonds. The molecule has 0 aliphatic carbocycles. The van der Waals surface area contributed by atoms with Gasteiger partial charge in [0, 0.05) is 11.3 Å². The van der Waals surface area contributed by atoms with Crippen molar-refractivity contribution < 1.29 is 0 Å². The largest absolute Gasteiger partial charge is 0.398 e. The van der Waals surface area contributed by atoms with E-state index < -0.39 is 0 Å². The van der Waals surface area contributed by atoms with Crippen LogP contribution in [0, 0.1) is 6.92 Å². The van der Waals surface area contributed by atoms with E-state index in [-0.39, 0.29) is 0 Å². The van der Waals surface area contributed by atoms with Crippen molar-refractivity contribution in [2.45, 2.75) is 6.92 Å². The predicted molar refractivity (Wildman–Crippen MR) is 110 cm³/mol. The fourth-order valence-corrected chi connectivity index (χ4v) is 3.81. The number of aryl methyl sites for hydroxylation is 1. The number of fused-ring (bicyclic) bond motifs is 1. The first kappa shape index (κ1) is 15.6. The number of aromatic nitrogens is 1. The second-order valence-corrected chi connectivity index (χ2v) is 7.11. The minimum absolute atomic E-state index is 0.792. The molecule has 0 saturated carbocycles. The van der Waals surface area contributed by atoms with Gasteiger partial charge in [-0.3, -0.25) is 0 Å². The van der Waals surface area contributed by atoms with Crippen molar-refractivity contribution in [3.63, 3.8) is 0 Å². The molecule has 3 aromatic carbocycles. The molecule has 2 nitrogen and oxygen atoms in total. The van der Waals surface area contributed by atoms with E-state index in [0.29, 0.717) is 0 Å². The van der Waals surface area contributed by atoms with E-state index in [1.807, 2.05) is 30.3 Å². The van der Waals surface area contributed by atoms with Crippen LogP contribution in [0.3, 0.4) is 0 Å². The highest BCUT2D eigenvalue weighted by Gasteiger charge is 2.06. The molecule has 1 heterocycles. The van der Waals surface area contributed by atoms with Crippen LogP contribution in [0.25, 0.3) is 32.9 Å². The maximum absolute atomic E-state index is 5.97. The van der Waals surface area contributed by atoms with Gasteiger partial charge in [-0.2, -0.15) is 0 Å². The second kappa shape index (κ2) is 6.54. The zero-order valence-corrected chi connectivity index (χ0v) is 14.8. The molecule has 0 spiro atoms. The summed E-state index contributed by atoms with van der Waals surface area (Å²) in [7, 11) is 0. The van der Waals surface area contributed by atoms with Crippen molar-refractivity contribution in [1.29, 1.82) is 0 Å². The van der Waals surface area contributed by atoms with Crippen molar-refractivity contribution in [3.05, 3.63) is 83.4 Å². The number of nitrogen functional groups attached to an aromatic ring is 1. The third-order valence-corrected chi connectivity index (χ3v) is 5.22. The Labute approximate surface area is 151 Å². The highest BCUT2D eigenvalue weighted by atomic mass is 32.1. The van der Waals surface area contributed by atoms with Crippen molar-refractivity contribution in [2.24, 2.45) is 0 Å². The van der Waals surface area contributed by atoms with E-state index in [1.54, 1.807) is 11.3 Å². The maximum Gasteiger partial charge on any atom is 0.124 e. The molecule has 4 aromatic rings. The zero-order valence-electron chi connectivity index (χ0n) is 13.9. The Kier molecular flexibility index (Phi) is 4.08. The maximum atomic E-state index is 5.97. The first-order chi connectivity index (χ1) is 12.2. The van der Waals surface area contributed by atoms with Gasteiger partial charge < -0.3 is 5.73 Å². The Morgan fingerprint density at radius 2 is 1.72 bits per heavy atom. The molecule has 0 fully saturated rings. The van der Waals surface area contributed by atoms with Crippen LogP contribution >= 0.6 is 11.3 Å². The van der Waals surface area contributed by atoms with Gasteiger partial charge >= 0.3 is 0 Å². The van der Waals surface area contributed by atoms with Crippen LogP contribution in [0.2, 0.25) is 0 Å². The molecule has 122 valence electrons. The number of para-hydroxylation sites is 1. The Morgan fingerprint density at radius 3 is 2.52 bits per heavy atom. The summed E-state index contributed by atoms with van der Waals surface area (Å²) in [6, 6.07) is 22.7. The highest BCUT2D eigenvalue weighted by Crippen LogP contribution is 2.31. The normalized spacial score (nSPS) is 11.4. The molecule has 4 rings (SSSR count). The molecule has 0 aliphatic heterocycles. The summed E-state index contributed by atoms with van der Waals surface area (Å²) in [5.74, 6) is 0. The molecule has 0 saturated heterocycles. The first-order valence-electron chi connectivity index (χ1n) is 8.19. The molecule has 1 aromatic heterocycles. The van der Waals surface area contributed by atoms with E-state index in [4.69, 9.17) is 10.7 Å². The molecule has 0 atom stereocenters. The van der Waals surface area contributed by atoms with Gasteiger partial charge in [-0.15, -0.1) is 11.3 Å². The van der Waals surface area contributed by atoms with Crippen molar-refractivity contribution >= 4 is 39.4 Å². The molecule has 0 radical (unpaired) electrons. The van der Waals surface area contributed by atoms with Gasteiger partial charge in [-0.05, 0) is 41.8 Å². The van der Waals surface area contributed by atoms with Gasteiger partial charge in [0.25, 0.3) is 0 Å². The van der Waals surface area contributed by atoms with Crippen LogP contribution in [0.15, 0.2) is 66.7 Å². The molecule has 2 N–H and O–H groups in total. The lowest BCUT2D eigenvalue weighted by Crippen LogP contribution is -1.87. The van der Waals surface area contributed by atoms with Crippen LogP contribution < -0.4 is 5.73 Å². The van der Waals surface area contributed by atoms with Gasteiger partial charge in [0.15, 0.2) is 0 Å². The van der Waals surface area contributed by atoms with Gasteiger partial charge in [0.1, 0.15) is 5.01 Å². The summed E-state index contributed by atoms with van der Waals surface area (Å²) in [6.07, 6.45) is 4.13. The van der Waals surface area contributed by atoms with E-state index in [9.17, 15) is 0 Å². The standard InChI is InChI=1S/C22H18N2S/c1-15-6-13-20-21(14-15)25-22(24-20)18-11-8-16(9-12-18)7-10-17-4-2-3-5-19(17)23/h2-14H,23H2,1H3. The van der Waals surface area contributed by atoms with Crippen LogP contribution in [0.4, 0.5) is 5.69 Å². The average Bonchev–Trinajstić information content (AvgIpc) is 3.04. The number of hydrogen-bond acceptors (Lipinski definition) is 3. The minimum atomic E-state index is 0.792. The summed E-state index contributed by atoms with van der Waals surface area (Å²) in [6.45, 7) is 2.11. The Balaban J connectivity index is 1.60. The Morgan fingerprint density at radius 1 is 0.920 bits per heavy atom.